The van der Waals surface area contributed by atoms with Crippen molar-refractivity contribution in [3.05, 3.63) is 125 Å². The Hall–Kier alpha value is -2.89. The van der Waals surface area contributed by atoms with Crippen molar-refractivity contribution < 1.29 is 9.53 Å². The van der Waals surface area contributed by atoms with Gasteiger partial charge in [-0.15, -0.1) is 0 Å². The van der Waals surface area contributed by atoms with Crippen LogP contribution in [0.15, 0.2) is 102 Å². The highest BCUT2D eigenvalue weighted by Crippen LogP contribution is 2.43. The number of carbonyl (C=O) groups is 1. The fourth-order valence-electron chi connectivity index (χ4n) is 6.60. The van der Waals surface area contributed by atoms with Crippen LogP contribution in [0.1, 0.15) is 108 Å². The summed E-state index contributed by atoms with van der Waals surface area (Å²) in [5.41, 5.74) is 8.80. The summed E-state index contributed by atoms with van der Waals surface area (Å²) in [7, 11) is 0. The molecule has 0 saturated carbocycles. The van der Waals surface area contributed by atoms with Crippen LogP contribution in [0.3, 0.4) is 0 Å². The molecule has 5 nitrogen and oxygen atoms in total. The Kier molecular flexibility index (Phi) is 14.0. The monoisotopic (exact) mass is 797 g/mol. The van der Waals surface area contributed by atoms with E-state index in [2.05, 4.69) is 163 Å². The Morgan fingerprint density at radius 1 is 0.593 bits per heavy atom. The van der Waals surface area contributed by atoms with Crippen LogP contribution in [0.2, 0.25) is 0 Å². The maximum Gasteiger partial charge on any atom is 0.210 e. The van der Waals surface area contributed by atoms with Crippen molar-refractivity contribution >= 4 is 62.3 Å². The van der Waals surface area contributed by atoms with E-state index in [4.69, 9.17) is 29.2 Å². The van der Waals surface area contributed by atoms with E-state index in [0.717, 1.165) is 21.9 Å². The third kappa shape index (κ3) is 11.6. The summed E-state index contributed by atoms with van der Waals surface area (Å²) in [6.45, 7) is 19.9. The minimum absolute atomic E-state index is 0.00946. The van der Waals surface area contributed by atoms with Crippen molar-refractivity contribution in [2.24, 2.45) is 0 Å². The SMILES string of the molecule is CC(C)(C)NC1C(=O)SCc2ccccc21.CC(C)(C)NC1C(=S)OCCc2ccccc21.CC(C)(C)NC1C(=S)Sc2ccccc2-c2ccccc21. The number of carbonyl (C=O) groups excluding carboxylic acids is 1. The molecule has 3 atom stereocenters. The summed E-state index contributed by atoms with van der Waals surface area (Å²) in [5.74, 6) is 0.803. The number of thiocarbonyl (C=S) groups is 2. The standard InChI is InChI=1S/C18H19NS2.C14H19NOS.C13H17NOS/c1-18(2,3)19-16-14-10-5-4-8-12(14)13-9-6-7-11-15(13)21-17(16)20;1-14(2,3)15-12-11-7-5-4-6-10(11)8-9-16-13(12)17;1-13(2,3)14-11-10-7-5-4-6-9(10)8-16-12(11)15/h4-11,16,19H,1-3H3;4-7,12,15H,8-9H2,1-3H3;4-7,11,14H,8H2,1-3H3. The van der Waals surface area contributed by atoms with Gasteiger partial charge in [-0.2, -0.15) is 0 Å². The highest BCUT2D eigenvalue weighted by Gasteiger charge is 2.32. The number of hydrogen-bond acceptors (Lipinski definition) is 9. The molecule has 0 aliphatic carbocycles. The minimum Gasteiger partial charge on any atom is -0.485 e. The molecule has 0 saturated heterocycles. The Morgan fingerprint density at radius 2 is 1.07 bits per heavy atom. The van der Waals surface area contributed by atoms with Crippen LogP contribution in [0.4, 0.5) is 0 Å². The third-order valence-corrected chi connectivity index (χ3v) is 11.6. The Balaban J connectivity index is 0.000000158. The first-order chi connectivity index (χ1) is 25.4. The van der Waals surface area contributed by atoms with Crippen LogP contribution in [-0.2, 0) is 21.7 Å². The van der Waals surface area contributed by atoms with Crippen LogP contribution in [0, 0.1) is 0 Å². The van der Waals surface area contributed by atoms with Gasteiger partial charge in [-0.3, -0.25) is 15.4 Å². The summed E-state index contributed by atoms with van der Waals surface area (Å²) < 4.78 is 6.60. The molecule has 0 aromatic heterocycles. The third-order valence-electron chi connectivity index (χ3n) is 8.82. The van der Waals surface area contributed by atoms with Gasteiger partial charge in [-0.05, 0) is 120 Å². The van der Waals surface area contributed by atoms with E-state index in [1.165, 1.54) is 50.0 Å². The molecule has 3 heterocycles. The van der Waals surface area contributed by atoms with Gasteiger partial charge in [0.1, 0.15) is 12.1 Å². The second-order valence-corrected chi connectivity index (χ2v) is 20.1. The molecule has 0 radical (unpaired) electrons. The van der Waals surface area contributed by atoms with Crippen molar-refractivity contribution in [1.29, 1.82) is 0 Å². The fourth-order valence-corrected chi connectivity index (χ4v) is 9.19. The molecule has 4 aromatic carbocycles. The number of nitrogens with one attached hydrogen (secondary N) is 3. The lowest BCUT2D eigenvalue weighted by atomic mass is 9.94. The lowest BCUT2D eigenvalue weighted by Gasteiger charge is -2.31. The van der Waals surface area contributed by atoms with E-state index in [9.17, 15) is 4.79 Å². The summed E-state index contributed by atoms with van der Waals surface area (Å²) >= 11 is 14.2. The highest BCUT2D eigenvalue weighted by molar-refractivity contribution is 8.23. The molecular formula is C45H55N3O2S4. The van der Waals surface area contributed by atoms with Crippen molar-refractivity contribution in [3.63, 3.8) is 0 Å². The van der Waals surface area contributed by atoms with Crippen LogP contribution < -0.4 is 16.0 Å². The van der Waals surface area contributed by atoms with E-state index in [1.807, 2.05) is 12.1 Å². The molecule has 0 amide bonds. The first-order valence-electron chi connectivity index (χ1n) is 18.6. The number of fused-ring (bicyclic) bond motifs is 5. The number of thioether (sulfide) groups is 2. The van der Waals surface area contributed by atoms with Crippen LogP contribution in [0.5, 0.6) is 0 Å². The van der Waals surface area contributed by atoms with E-state index in [1.54, 1.807) is 11.8 Å². The molecule has 0 bridgehead atoms. The molecular weight excluding hydrogens is 743 g/mol. The van der Waals surface area contributed by atoms with Crippen molar-refractivity contribution in [2.75, 3.05) is 6.61 Å². The first kappa shape index (κ1) is 42.3. The van der Waals surface area contributed by atoms with E-state index in [0.29, 0.717) is 11.7 Å². The number of ether oxygens (including phenoxy) is 1. The normalized spacial score (nSPS) is 19.5. The highest BCUT2D eigenvalue weighted by atomic mass is 32.2. The Bertz CT molecular complexity index is 1960. The molecule has 3 aliphatic heterocycles. The van der Waals surface area contributed by atoms with Gasteiger partial charge in [0.2, 0.25) is 5.12 Å². The van der Waals surface area contributed by atoms with Gasteiger partial charge < -0.3 is 10.1 Å². The molecule has 3 unspecified atom stereocenters. The zero-order chi connectivity index (χ0) is 39.3. The molecule has 7 rings (SSSR count). The summed E-state index contributed by atoms with van der Waals surface area (Å²) in [6, 6.07) is 33.7. The smallest absolute Gasteiger partial charge is 0.210 e. The average Bonchev–Trinajstić information content (AvgIpc) is 3.32. The topological polar surface area (TPSA) is 62.4 Å². The summed E-state index contributed by atoms with van der Waals surface area (Å²) in [6.07, 6.45) is 0.929. The lowest BCUT2D eigenvalue weighted by molar-refractivity contribution is -0.113. The predicted molar refractivity (Wildman–Crippen MR) is 239 cm³/mol. The van der Waals surface area contributed by atoms with Crippen molar-refractivity contribution in [1.82, 2.24) is 16.0 Å². The maximum atomic E-state index is 11.9. The maximum absolute atomic E-state index is 11.9. The largest absolute Gasteiger partial charge is 0.485 e. The van der Waals surface area contributed by atoms with Gasteiger partial charge in [-0.1, -0.05) is 127 Å². The quantitative estimate of drug-likeness (QED) is 0.176. The van der Waals surface area contributed by atoms with Crippen LogP contribution in [-0.4, -0.2) is 37.6 Å². The van der Waals surface area contributed by atoms with E-state index >= 15 is 0 Å². The van der Waals surface area contributed by atoms with Crippen LogP contribution >= 0.6 is 48.0 Å². The number of benzene rings is 4. The Labute approximate surface area is 342 Å². The van der Waals surface area contributed by atoms with Gasteiger partial charge >= 0.3 is 0 Å². The van der Waals surface area contributed by atoms with Gasteiger partial charge in [0.15, 0.2) is 5.05 Å². The molecule has 0 fully saturated rings. The zero-order valence-electron chi connectivity index (χ0n) is 33.0. The molecule has 54 heavy (non-hydrogen) atoms. The molecule has 3 N–H and O–H groups in total. The molecule has 3 aliphatic rings. The number of hydrogen-bond donors (Lipinski definition) is 3. The Morgan fingerprint density at radius 3 is 1.70 bits per heavy atom. The molecule has 9 heteroatoms. The second-order valence-electron chi connectivity index (χ2n) is 16.9. The van der Waals surface area contributed by atoms with Gasteiger partial charge in [0, 0.05) is 33.7 Å². The molecule has 4 aromatic rings. The molecule has 286 valence electrons. The van der Waals surface area contributed by atoms with Gasteiger partial charge in [-0.25, -0.2) is 0 Å². The lowest BCUT2D eigenvalue weighted by Crippen LogP contribution is -2.42. The van der Waals surface area contributed by atoms with Crippen molar-refractivity contribution in [3.8, 4) is 11.1 Å². The van der Waals surface area contributed by atoms with Gasteiger partial charge in [0.05, 0.1) is 16.8 Å². The average molecular weight is 798 g/mol. The number of rotatable bonds is 3. The van der Waals surface area contributed by atoms with E-state index < -0.39 is 0 Å². The minimum atomic E-state index is -0.157. The summed E-state index contributed by atoms with van der Waals surface area (Å²) in [5, 5.41) is 11.5. The molecule has 0 spiro atoms. The zero-order valence-corrected chi connectivity index (χ0v) is 36.3. The van der Waals surface area contributed by atoms with Crippen molar-refractivity contribution in [2.45, 2.75) is 114 Å². The van der Waals surface area contributed by atoms with Crippen LogP contribution in [0.25, 0.3) is 11.1 Å². The van der Waals surface area contributed by atoms with E-state index in [-0.39, 0.29) is 39.9 Å². The fraction of sp³-hybridized carbons (Fsp3) is 0.400. The predicted octanol–water partition coefficient (Wildman–Crippen LogP) is 11.1. The second kappa shape index (κ2) is 17.9. The van der Waals surface area contributed by atoms with Gasteiger partial charge in [0.25, 0.3) is 0 Å². The summed E-state index contributed by atoms with van der Waals surface area (Å²) in [4.78, 5) is 13.2. The first-order valence-corrected chi connectivity index (χ1v) is 21.2.